The van der Waals surface area contributed by atoms with Gasteiger partial charge >= 0.3 is 0 Å². The van der Waals surface area contributed by atoms with E-state index in [1.165, 1.54) is 16.7 Å². The predicted molar refractivity (Wildman–Crippen MR) is 136 cm³/mol. The van der Waals surface area contributed by atoms with Gasteiger partial charge in [-0.25, -0.2) is 0 Å². The molecule has 0 aliphatic rings. The van der Waals surface area contributed by atoms with Crippen LogP contribution in [0.25, 0.3) is 0 Å². The smallest absolute Gasteiger partial charge is 0.188 e. The maximum Gasteiger partial charge on any atom is 0.188 e. The number of benzene rings is 1. The van der Waals surface area contributed by atoms with Crippen LogP contribution in [-0.4, -0.2) is 138 Å². The molecule has 0 aliphatic carbocycles. The van der Waals surface area contributed by atoms with Gasteiger partial charge < -0.3 is 50.7 Å². The number of carbonyl (C=O) groups is 1. The van der Waals surface area contributed by atoms with Crippen molar-refractivity contribution in [3.63, 3.8) is 0 Å². The van der Waals surface area contributed by atoms with Crippen LogP contribution < -0.4 is 4.74 Å². The van der Waals surface area contributed by atoms with Gasteiger partial charge in [0.2, 0.25) is 0 Å². The summed E-state index contributed by atoms with van der Waals surface area (Å²) < 4.78 is 5.75. The summed E-state index contributed by atoms with van der Waals surface area (Å²) in [5.74, 6) is 1.01. The molecule has 12 nitrogen and oxygen atoms in total. The van der Waals surface area contributed by atoms with Crippen LogP contribution in [-0.2, 0) is 10.5 Å². The van der Waals surface area contributed by atoms with Gasteiger partial charge in [0.1, 0.15) is 36.8 Å². The van der Waals surface area contributed by atoms with Crippen LogP contribution in [0.3, 0.4) is 0 Å². The molecule has 214 valence electrons. The number of carbonyl (C=O) groups excluding carboxylic acids is 1. The van der Waals surface area contributed by atoms with Gasteiger partial charge in [-0.1, -0.05) is 30.8 Å². The van der Waals surface area contributed by atoms with E-state index in [4.69, 9.17) is 14.9 Å². The second-order valence-electron chi connectivity index (χ2n) is 8.71. The second kappa shape index (κ2) is 18.0. The molecule has 0 amide bonds. The Kier molecular flexibility index (Phi) is 16.4. The van der Waals surface area contributed by atoms with Crippen LogP contribution in [0.4, 0.5) is 0 Å². The van der Waals surface area contributed by atoms with E-state index in [2.05, 4.69) is 0 Å². The fourth-order valence-corrected chi connectivity index (χ4v) is 4.12. The summed E-state index contributed by atoms with van der Waals surface area (Å²) in [7, 11) is 0. The van der Waals surface area contributed by atoms with Crippen LogP contribution in [0.1, 0.15) is 25.3 Å². The highest BCUT2D eigenvalue weighted by molar-refractivity contribution is 8.12. The van der Waals surface area contributed by atoms with E-state index in [1.54, 1.807) is 25.1 Å². The molecule has 7 atom stereocenters. The average Bonchev–Trinajstić information content (AvgIpc) is 2.89. The SMILES string of the molecule is CCC(=O)SCc1cccc(OCCN(C[C@@H](O)[C@@H](O)[C@H](O)CCO)C[C@@H](O)[C@@H](O)[C@H](O)[C@H](O)CO)c1. The van der Waals surface area contributed by atoms with Gasteiger partial charge in [0.15, 0.2) is 5.12 Å². The van der Waals surface area contributed by atoms with Crippen molar-refractivity contribution >= 4 is 16.9 Å². The number of hydrogen-bond donors (Lipinski definition) is 9. The highest BCUT2D eigenvalue weighted by atomic mass is 32.2. The second-order valence-corrected chi connectivity index (χ2v) is 9.74. The molecule has 1 aromatic rings. The minimum Gasteiger partial charge on any atom is -0.492 e. The van der Waals surface area contributed by atoms with E-state index in [1.807, 2.05) is 6.07 Å². The van der Waals surface area contributed by atoms with Crippen molar-refractivity contribution in [1.82, 2.24) is 4.90 Å². The van der Waals surface area contributed by atoms with E-state index in [9.17, 15) is 40.5 Å². The maximum absolute atomic E-state index is 11.5. The molecule has 0 unspecified atom stereocenters. The minimum absolute atomic E-state index is 0.0527. The summed E-state index contributed by atoms with van der Waals surface area (Å²) in [5.41, 5.74) is 0.882. The van der Waals surface area contributed by atoms with Crippen molar-refractivity contribution in [3.05, 3.63) is 29.8 Å². The van der Waals surface area contributed by atoms with Crippen LogP contribution in [0.2, 0.25) is 0 Å². The average molecular weight is 552 g/mol. The summed E-state index contributed by atoms with van der Waals surface area (Å²) in [6.07, 6.45) is -11.2. The topological polar surface area (TPSA) is 212 Å². The quantitative estimate of drug-likeness (QED) is 0.0867. The normalized spacial score (nSPS) is 17.6. The molecular formula is C24H41NO11S. The van der Waals surface area contributed by atoms with Gasteiger partial charge in [-0.2, -0.15) is 0 Å². The fraction of sp³-hybridized carbons (Fsp3) is 0.708. The Labute approximate surface area is 220 Å². The molecule has 0 aromatic heterocycles. The molecule has 0 radical (unpaired) electrons. The van der Waals surface area contributed by atoms with Gasteiger partial charge in [0.25, 0.3) is 0 Å². The van der Waals surface area contributed by atoms with Crippen LogP contribution in [0.15, 0.2) is 24.3 Å². The van der Waals surface area contributed by atoms with Gasteiger partial charge in [0.05, 0.1) is 24.9 Å². The van der Waals surface area contributed by atoms with Crippen molar-refractivity contribution in [1.29, 1.82) is 0 Å². The van der Waals surface area contributed by atoms with E-state index in [-0.39, 0.29) is 37.8 Å². The lowest BCUT2D eigenvalue weighted by Gasteiger charge is -2.33. The van der Waals surface area contributed by atoms with Crippen molar-refractivity contribution < 1.29 is 55.5 Å². The lowest BCUT2D eigenvalue weighted by Crippen LogP contribution is -2.52. The third-order valence-electron chi connectivity index (χ3n) is 5.69. The van der Waals surface area contributed by atoms with Crippen molar-refractivity contribution in [2.45, 2.75) is 68.2 Å². The summed E-state index contributed by atoms with van der Waals surface area (Å²) in [5, 5.41) is 88.3. The molecule has 0 aliphatic heterocycles. The Morgan fingerprint density at radius 3 is 2.14 bits per heavy atom. The molecule has 0 heterocycles. The van der Waals surface area contributed by atoms with Gasteiger partial charge in [0, 0.05) is 38.4 Å². The zero-order chi connectivity index (χ0) is 28.0. The number of aliphatic hydroxyl groups excluding tert-OH is 9. The molecule has 0 fully saturated rings. The molecule has 0 bridgehead atoms. The summed E-state index contributed by atoms with van der Waals surface area (Å²) in [6, 6.07) is 7.12. The molecule has 0 saturated heterocycles. The number of aliphatic hydroxyl groups is 9. The molecule has 1 rings (SSSR count). The molecule has 37 heavy (non-hydrogen) atoms. The zero-order valence-electron chi connectivity index (χ0n) is 20.9. The van der Waals surface area contributed by atoms with E-state index >= 15 is 0 Å². The standard InChI is InChI=1S/C24H41NO11S/c1-2-21(32)37-14-15-4-3-5-16(10-15)36-9-7-25(11-18(29)22(33)17(28)6-8-26)12-19(30)23(34)24(35)20(31)13-27/h3-5,10,17-20,22-24,26-31,33-35H,2,6-9,11-14H2,1H3/t17-,18-,19-,20-,22+,23-,24-/m1/s1. The van der Waals surface area contributed by atoms with Gasteiger partial charge in [-0.3, -0.25) is 9.69 Å². The third-order valence-corrected chi connectivity index (χ3v) is 6.78. The summed E-state index contributed by atoms with van der Waals surface area (Å²) in [6.45, 7) is 0.0890. The fourth-order valence-electron chi connectivity index (χ4n) is 3.41. The first-order chi connectivity index (χ1) is 17.5. The Morgan fingerprint density at radius 2 is 1.54 bits per heavy atom. The lowest BCUT2D eigenvalue weighted by molar-refractivity contribution is -0.123. The Balaban J connectivity index is 2.83. The molecule has 9 N–H and O–H groups in total. The predicted octanol–water partition coefficient (Wildman–Crippen LogP) is -2.56. The Bertz CT molecular complexity index is 774. The first kappa shape index (κ1) is 33.7. The maximum atomic E-state index is 11.5. The van der Waals surface area contributed by atoms with Gasteiger partial charge in [-0.05, 0) is 24.1 Å². The summed E-state index contributed by atoms with van der Waals surface area (Å²) >= 11 is 1.20. The van der Waals surface area contributed by atoms with Gasteiger partial charge in [-0.15, -0.1) is 0 Å². The first-order valence-corrected chi connectivity index (χ1v) is 13.1. The molecule has 13 heteroatoms. The third kappa shape index (κ3) is 12.4. The molecule has 0 saturated carbocycles. The van der Waals surface area contributed by atoms with Crippen molar-refractivity contribution in [2.24, 2.45) is 0 Å². The number of rotatable bonds is 19. The van der Waals surface area contributed by atoms with E-state index in [0.29, 0.717) is 17.9 Å². The van der Waals surface area contributed by atoms with Crippen LogP contribution in [0, 0.1) is 0 Å². The van der Waals surface area contributed by atoms with Crippen LogP contribution in [0.5, 0.6) is 5.75 Å². The number of hydrogen-bond acceptors (Lipinski definition) is 13. The van der Waals surface area contributed by atoms with Crippen molar-refractivity contribution in [3.8, 4) is 5.75 Å². The highest BCUT2D eigenvalue weighted by Crippen LogP contribution is 2.19. The largest absolute Gasteiger partial charge is 0.492 e. The molecular weight excluding hydrogens is 510 g/mol. The zero-order valence-corrected chi connectivity index (χ0v) is 21.7. The highest BCUT2D eigenvalue weighted by Gasteiger charge is 2.32. The summed E-state index contributed by atoms with van der Waals surface area (Å²) in [4.78, 5) is 13.0. The Morgan fingerprint density at radius 1 is 0.919 bits per heavy atom. The van der Waals surface area contributed by atoms with E-state index in [0.717, 1.165) is 5.56 Å². The van der Waals surface area contributed by atoms with Crippen molar-refractivity contribution in [2.75, 3.05) is 39.5 Å². The lowest BCUT2D eigenvalue weighted by atomic mass is 10.0. The van der Waals surface area contributed by atoms with E-state index < -0.39 is 55.9 Å². The Hall–Kier alpha value is -1.36. The molecule has 0 spiro atoms. The monoisotopic (exact) mass is 551 g/mol. The number of ether oxygens (including phenoxy) is 1. The first-order valence-electron chi connectivity index (χ1n) is 12.1. The molecule has 1 aromatic carbocycles. The van der Waals surface area contributed by atoms with Crippen LogP contribution >= 0.6 is 11.8 Å². The number of nitrogens with zero attached hydrogens (tertiary/aromatic N) is 1. The number of thioether (sulfide) groups is 1. The minimum atomic E-state index is -1.83.